The van der Waals surface area contributed by atoms with E-state index in [-0.39, 0.29) is 34.1 Å². The highest BCUT2D eigenvalue weighted by Gasteiger charge is 2.28. The van der Waals surface area contributed by atoms with Crippen LogP contribution in [0.3, 0.4) is 0 Å². The predicted octanol–water partition coefficient (Wildman–Crippen LogP) is 18.3. The van der Waals surface area contributed by atoms with Gasteiger partial charge in [-0.3, -0.25) is 28.3 Å². The first-order valence-corrected chi connectivity index (χ1v) is 30.6. The molecule has 0 saturated carbocycles. The Bertz CT molecular complexity index is 2450. The highest BCUT2D eigenvalue weighted by atomic mass is 32.1. The van der Waals surface area contributed by atoms with Gasteiger partial charge in [0.15, 0.2) is 0 Å². The molecule has 0 aliphatic rings. The van der Waals surface area contributed by atoms with Gasteiger partial charge in [-0.2, -0.15) is 0 Å². The number of hydrogen-bond donors (Lipinski definition) is 0. The molecule has 8 heteroatoms. The summed E-state index contributed by atoms with van der Waals surface area (Å²) in [4.78, 5) is 63.9. The molecule has 0 amide bonds. The van der Waals surface area contributed by atoms with E-state index in [1.807, 2.05) is 47.2 Å². The van der Waals surface area contributed by atoms with Crippen molar-refractivity contribution in [2.24, 2.45) is 11.8 Å². The summed E-state index contributed by atoms with van der Waals surface area (Å²) in [6.45, 7) is 9.73. The summed E-state index contributed by atoms with van der Waals surface area (Å²) in [7, 11) is 0. The number of hydrogen-bond acceptors (Lipinski definition) is 6. The molecule has 0 aliphatic carbocycles. The number of thiophene rings is 2. The van der Waals surface area contributed by atoms with Crippen LogP contribution in [-0.4, -0.2) is 9.13 Å². The second-order valence-corrected chi connectivity index (χ2v) is 23.1. The van der Waals surface area contributed by atoms with Crippen molar-refractivity contribution >= 4 is 55.0 Å². The van der Waals surface area contributed by atoms with Crippen molar-refractivity contribution in [2.75, 3.05) is 0 Å². The zero-order valence-electron chi connectivity index (χ0n) is 44.2. The van der Waals surface area contributed by atoms with E-state index in [1.54, 1.807) is 22.7 Å². The van der Waals surface area contributed by atoms with Gasteiger partial charge in [0.05, 0.1) is 10.8 Å². The normalized spacial score (nSPS) is 12.9. The second kappa shape index (κ2) is 30.4. The fraction of sp³-hybridized carbons (Fsp3) is 0.645. The molecule has 6 heterocycles. The van der Waals surface area contributed by atoms with Gasteiger partial charge in [-0.05, 0) is 72.5 Å². The summed E-state index contributed by atoms with van der Waals surface area (Å²) in [6.07, 6.45) is 38.1. The summed E-state index contributed by atoms with van der Waals surface area (Å²) in [5, 5.41) is 6.53. The van der Waals surface area contributed by atoms with Gasteiger partial charge in [0.25, 0.3) is 22.2 Å². The van der Waals surface area contributed by atoms with E-state index in [4.69, 9.17) is 0 Å². The SMILES string of the molecule is CCCCCCCCCCC(CCCCCCCC)Cn1c(=O)c2cc(-c3cccs3)c(c1=O)c1c3cc(-c4cccs4)c(c(=O)n(CC(CCCCCCCC)CCCCCCCCCC)c3=O)c21. The molecule has 0 radical (unpaired) electrons. The van der Waals surface area contributed by atoms with E-state index in [1.165, 1.54) is 150 Å². The van der Waals surface area contributed by atoms with Gasteiger partial charge in [-0.15, -0.1) is 22.7 Å². The average molecular weight is 992 g/mol. The summed E-state index contributed by atoms with van der Waals surface area (Å²) in [5.74, 6) is 0.367. The first kappa shape index (κ1) is 55.7. The number of benzene rings is 2. The van der Waals surface area contributed by atoms with E-state index in [9.17, 15) is 0 Å². The van der Waals surface area contributed by atoms with Gasteiger partial charge in [0.2, 0.25) is 0 Å². The van der Waals surface area contributed by atoms with E-state index in [0.29, 0.717) is 56.5 Å². The molecule has 0 N–H and O–H groups in total. The van der Waals surface area contributed by atoms with E-state index >= 15 is 19.2 Å². The lowest BCUT2D eigenvalue weighted by Gasteiger charge is -2.18. The van der Waals surface area contributed by atoms with Crippen LogP contribution in [0.25, 0.3) is 53.2 Å². The van der Waals surface area contributed by atoms with Crippen LogP contribution in [0.1, 0.15) is 233 Å². The van der Waals surface area contributed by atoms with Crippen molar-refractivity contribution in [1.29, 1.82) is 0 Å². The van der Waals surface area contributed by atoms with Crippen molar-refractivity contribution in [3.63, 3.8) is 0 Å². The zero-order valence-corrected chi connectivity index (χ0v) is 45.8. The third-order valence-electron chi connectivity index (χ3n) is 15.6. The molecular formula is C62H90N2O4S2. The number of rotatable bonds is 38. The lowest BCUT2D eigenvalue weighted by Crippen LogP contribution is -2.33. The van der Waals surface area contributed by atoms with E-state index in [0.717, 1.165) is 74.0 Å². The fourth-order valence-electron chi connectivity index (χ4n) is 11.5. The standard InChI is InChI=1S/C62H90N2O4S2/c1-5-9-13-17-21-23-27-31-37-47(35-29-25-19-15-11-7-3)45-63-59(65)51-43-49(53-39-33-41-69-53)57(61(63)67)56-52-44-50(54-40-34-42-70-54)58(55(51)56)62(68)64(60(52)66)46-48(36-30-26-20-16-12-8-4)38-32-28-24-22-18-14-10-6-2/h33-34,39-44,47-48H,5-32,35-38,45-46H2,1-4H3. The van der Waals surface area contributed by atoms with E-state index < -0.39 is 0 Å². The number of aromatic nitrogens is 2. The zero-order chi connectivity index (χ0) is 49.5. The van der Waals surface area contributed by atoms with Crippen LogP contribution in [0.5, 0.6) is 0 Å². The molecule has 8 rings (SSSR count). The largest absolute Gasteiger partial charge is 0.274 e. The topological polar surface area (TPSA) is 78.1 Å². The minimum Gasteiger partial charge on any atom is -0.274 e. The molecule has 0 fully saturated rings. The molecule has 6 aromatic heterocycles. The van der Waals surface area contributed by atoms with Crippen molar-refractivity contribution in [1.82, 2.24) is 9.13 Å². The van der Waals surface area contributed by atoms with E-state index in [2.05, 4.69) is 27.7 Å². The molecule has 4 bridgehead atoms. The minimum absolute atomic E-state index is 0.183. The summed E-state index contributed by atoms with van der Waals surface area (Å²) in [5.41, 5.74) is 0.0436. The number of unbranched alkanes of at least 4 members (excludes halogenated alkanes) is 24. The summed E-state index contributed by atoms with van der Waals surface area (Å²) in [6, 6.07) is 11.8. The summed E-state index contributed by atoms with van der Waals surface area (Å²) >= 11 is 3.08. The number of fused-ring (bicyclic) bond motifs is 6. The van der Waals surface area contributed by atoms with Gasteiger partial charge < -0.3 is 0 Å². The summed E-state index contributed by atoms with van der Waals surface area (Å²) < 4.78 is 3.06. The van der Waals surface area contributed by atoms with Crippen molar-refractivity contribution in [3.8, 4) is 20.9 Å². The molecule has 2 aromatic carbocycles. The fourth-order valence-corrected chi connectivity index (χ4v) is 13.0. The van der Waals surface area contributed by atoms with Crippen LogP contribution in [0, 0.1) is 11.8 Å². The third-order valence-corrected chi connectivity index (χ3v) is 17.4. The number of nitrogens with zero attached hydrogens (tertiary/aromatic N) is 2. The van der Waals surface area contributed by atoms with Crippen LogP contribution >= 0.6 is 22.7 Å². The van der Waals surface area contributed by atoms with Crippen LogP contribution in [0.2, 0.25) is 0 Å². The molecule has 2 atom stereocenters. The maximum atomic E-state index is 15.6. The molecule has 2 unspecified atom stereocenters. The van der Waals surface area contributed by atoms with Gasteiger partial charge >= 0.3 is 0 Å². The Kier molecular flexibility index (Phi) is 24.2. The highest BCUT2D eigenvalue weighted by molar-refractivity contribution is 7.14. The smallest absolute Gasteiger partial charge is 0.262 e. The molecule has 0 spiro atoms. The minimum atomic E-state index is -0.337. The Morgan fingerprint density at radius 3 is 0.929 bits per heavy atom. The molecule has 6 nitrogen and oxygen atoms in total. The van der Waals surface area contributed by atoms with Crippen LogP contribution in [0.4, 0.5) is 0 Å². The Labute approximate surface area is 429 Å². The van der Waals surface area contributed by atoms with Gasteiger partial charge in [0, 0.05) is 55.5 Å². The van der Waals surface area contributed by atoms with Crippen molar-refractivity contribution in [3.05, 3.63) is 88.6 Å². The maximum Gasteiger partial charge on any atom is 0.262 e. The molecular weight excluding hydrogens is 901 g/mol. The van der Waals surface area contributed by atoms with Crippen LogP contribution < -0.4 is 22.2 Å². The Morgan fingerprint density at radius 2 is 0.657 bits per heavy atom. The maximum absolute atomic E-state index is 15.6. The van der Waals surface area contributed by atoms with Gasteiger partial charge in [-0.25, -0.2) is 0 Å². The highest BCUT2D eigenvalue weighted by Crippen LogP contribution is 2.42. The van der Waals surface area contributed by atoms with Gasteiger partial charge in [-0.1, -0.05) is 220 Å². The third kappa shape index (κ3) is 15.2. The van der Waals surface area contributed by atoms with Gasteiger partial charge in [0.1, 0.15) is 0 Å². The second-order valence-electron chi connectivity index (χ2n) is 21.2. The van der Waals surface area contributed by atoms with Crippen molar-refractivity contribution < 1.29 is 0 Å². The Morgan fingerprint density at radius 1 is 0.371 bits per heavy atom. The lowest BCUT2D eigenvalue weighted by molar-refractivity contribution is 0.350. The Hall–Kier alpha value is -3.62. The first-order chi connectivity index (χ1) is 34.3. The monoisotopic (exact) mass is 991 g/mol. The molecule has 384 valence electrons. The van der Waals surface area contributed by atoms with Crippen molar-refractivity contribution in [2.45, 2.75) is 246 Å². The average Bonchev–Trinajstić information content (AvgIpc) is 4.08. The molecule has 70 heavy (non-hydrogen) atoms. The predicted molar refractivity (Wildman–Crippen MR) is 306 cm³/mol. The van der Waals surface area contributed by atoms with Crippen LogP contribution in [-0.2, 0) is 13.1 Å². The molecule has 0 saturated heterocycles. The molecule has 0 aliphatic heterocycles. The lowest BCUT2D eigenvalue weighted by atomic mass is 9.92. The van der Waals surface area contributed by atoms with Crippen LogP contribution in [0.15, 0.2) is 66.3 Å². The first-order valence-electron chi connectivity index (χ1n) is 28.8. The Balaban J connectivity index is 1.45. The quantitative estimate of drug-likeness (QED) is 0.0362. The molecule has 8 aromatic rings.